The highest BCUT2D eigenvalue weighted by atomic mass is 16.5. The van der Waals surface area contributed by atoms with E-state index in [0.717, 1.165) is 26.0 Å². The van der Waals surface area contributed by atoms with Crippen LogP contribution >= 0.6 is 0 Å². The van der Waals surface area contributed by atoms with Crippen molar-refractivity contribution in [3.63, 3.8) is 0 Å². The number of hydrogen-bond acceptors (Lipinski definition) is 3. The van der Waals surface area contributed by atoms with E-state index in [2.05, 4.69) is 19.0 Å². The Kier molecular flexibility index (Phi) is 3.30. The summed E-state index contributed by atoms with van der Waals surface area (Å²) in [6, 6.07) is 0.272. The van der Waals surface area contributed by atoms with Crippen LogP contribution in [0, 0.1) is 0 Å². The average molecular weight is 158 g/mol. The standard InChI is InChI=1S/C8H18N2O/c1-10(2)5-8-4-3-7(9)6-11-8/h7-8H,3-6,9H2,1-2H3/t7-,8+/m1/s1. The van der Waals surface area contributed by atoms with Gasteiger partial charge in [0.15, 0.2) is 0 Å². The summed E-state index contributed by atoms with van der Waals surface area (Å²) in [6.07, 6.45) is 2.63. The minimum atomic E-state index is 0.272. The Morgan fingerprint density at radius 2 is 2.18 bits per heavy atom. The molecule has 2 N–H and O–H groups in total. The van der Waals surface area contributed by atoms with E-state index >= 15 is 0 Å². The van der Waals surface area contributed by atoms with Gasteiger partial charge in [0, 0.05) is 12.6 Å². The van der Waals surface area contributed by atoms with Gasteiger partial charge in [-0.15, -0.1) is 0 Å². The number of rotatable bonds is 2. The summed E-state index contributed by atoms with van der Waals surface area (Å²) in [7, 11) is 4.13. The van der Waals surface area contributed by atoms with Crippen LogP contribution in [0.15, 0.2) is 0 Å². The fourth-order valence-corrected chi connectivity index (χ4v) is 1.38. The Morgan fingerprint density at radius 3 is 2.64 bits per heavy atom. The van der Waals surface area contributed by atoms with Gasteiger partial charge in [-0.1, -0.05) is 0 Å². The minimum Gasteiger partial charge on any atom is -0.375 e. The van der Waals surface area contributed by atoms with Crippen LogP contribution in [0.25, 0.3) is 0 Å². The van der Waals surface area contributed by atoms with Crippen molar-refractivity contribution in [1.82, 2.24) is 4.90 Å². The van der Waals surface area contributed by atoms with Crippen LogP contribution in [0.1, 0.15) is 12.8 Å². The molecule has 3 nitrogen and oxygen atoms in total. The van der Waals surface area contributed by atoms with Crippen molar-refractivity contribution in [2.75, 3.05) is 27.2 Å². The molecule has 0 saturated carbocycles. The zero-order chi connectivity index (χ0) is 8.27. The van der Waals surface area contributed by atoms with E-state index in [4.69, 9.17) is 10.5 Å². The van der Waals surface area contributed by atoms with E-state index in [1.54, 1.807) is 0 Å². The summed E-state index contributed by atoms with van der Waals surface area (Å²) in [5, 5.41) is 0. The molecule has 3 heteroatoms. The smallest absolute Gasteiger partial charge is 0.0703 e. The van der Waals surface area contributed by atoms with Crippen LogP contribution in [0.2, 0.25) is 0 Å². The molecule has 11 heavy (non-hydrogen) atoms. The first-order valence-corrected chi connectivity index (χ1v) is 4.20. The normalized spacial score (nSPS) is 32.7. The summed E-state index contributed by atoms with van der Waals surface area (Å²) in [6.45, 7) is 1.76. The molecule has 0 aromatic rings. The average Bonchev–Trinajstić information content (AvgIpc) is 1.93. The summed E-state index contributed by atoms with van der Waals surface area (Å²) in [4.78, 5) is 2.15. The molecular formula is C8H18N2O. The summed E-state index contributed by atoms with van der Waals surface area (Å²) < 4.78 is 5.53. The van der Waals surface area contributed by atoms with Crippen molar-refractivity contribution in [2.45, 2.75) is 25.0 Å². The molecule has 0 amide bonds. The lowest BCUT2D eigenvalue weighted by Gasteiger charge is -2.28. The van der Waals surface area contributed by atoms with Gasteiger partial charge in [0.1, 0.15) is 0 Å². The molecule has 66 valence electrons. The monoisotopic (exact) mass is 158 g/mol. The molecule has 0 aromatic carbocycles. The van der Waals surface area contributed by atoms with Crippen LogP contribution in [0.4, 0.5) is 0 Å². The van der Waals surface area contributed by atoms with E-state index in [9.17, 15) is 0 Å². The predicted octanol–water partition coefficient (Wildman–Crippen LogP) is 0.0543. The number of hydrogen-bond donors (Lipinski definition) is 1. The van der Waals surface area contributed by atoms with E-state index in [1.807, 2.05) is 0 Å². The lowest BCUT2D eigenvalue weighted by Crippen LogP contribution is -2.39. The molecule has 0 spiro atoms. The first kappa shape index (κ1) is 8.97. The third-order valence-electron chi connectivity index (χ3n) is 1.97. The molecule has 1 aliphatic rings. The Bertz CT molecular complexity index is 109. The lowest BCUT2D eigenvalue weighted by molar-refractivity contribution is -0.00735. The second-order valence-electron chi connectivity index (χ2n) is 3.56. The van der Waals surface area contributed by atoms with Crippen LogP contribution in [0.5, 0.6) is 0 Å². The van der Waals surface area contributed by atoms with Crippen LogP contribution in [-0.2, 0) is 4.74 Å². The molecule has 1 rings (SSSR count). The molecule has 0 unspecified atom stereocenters. The lowest BCUT2D eigenvalue weighted by atomic mass is 10.1. The zero-order valence-corrected chi connectivity index (χ0v) is 7.42. The summed E-state index contributed by atoms with van der Waals surface area (Å²) >= 11 is 0. The van der Waals surface area contributed by atoms with Crippen molar-refractivity contribution in [3.05, 3.63) is 0 Å². The number of nitrogens with zero attached hydrogens (tertiary/aromatic N) is 1. The van der Waals surface area contributed by atoms with Gasteiger partial charge in [-0.3, -0.25) is 0 Å². The minimum absolute atomic E-state index is 0.272. The topological polar surface area (TPSA) is 38.5 Å². The van der Waals surface area contributed by atoms with Gasteiger partial charge in [0.25, 0.3) is 0 Å². The van der Waals surface area contributed by atoms with Crippen molar-refractivity contribution in [1.29, 1.82) is 0 Å². The first-order valence-electron chi connectivity index (χ1n) is 4.20. The summed E-state index contributed by atoms with van der Waals surface area (Å²) in [5.41, 5.74) is 5.69. The first-order chi connectivity index (χ1) is 5.18. The molecule has 0 bridgehead atoms. The van der Waals surface area contributed by atoms with E-state index < -0.39 is 0 Å². The Morgan fingerprint density at radius 1 is 1.45 bits per heavy atom. The Hall–Kier alpha value is -0.120. The molecule has 1 aliphatic heterocycles. The third-order valence-corrected chi connectivity index (χ3v) is 1.97. The van der Waals surface area contributed by atoms with E-state index in [1.165, 1.54) is 0 Å². The van der Waals surface area contributed by atoms with Gasteiger partial charge in [-0.25, -0.2) is 0 Å². The van der Waals surface area contributed by atoms with E-state index in [-0.39, 0.29) is 6.04 Å². The fraction of sp³-hybridized carbons (Fsp3) is 1.00. The van der Waals surface area contributed by atoms with Crippen LogP contribution in [-0.4, -0.2) is 44.3 Å². The van der Waals surface area contributed by atoms with Crippen LogP contribution in [0.3, 0.4) is 0 Å². The van der Waals surface area contributed by atoms with Crippen molar-refractivity contribution < 1.29 is 4.74 Å². The van der Waals surface area contributed by atoms with Crippen molar-refractivity contribution in [3.8, 4) is 0 Å². The third kappa shape index (κ3) is 3.18. The maximum absolute atomic E-state index is 5.69. The van der Waals surface area contributed by atoms with Crippen molar-refractivity contribution in [2.24, 2.45) is 5.73 Å². The molecule has 1 saturated heterocycles. The number of likely N-dealkylation sites (N-methyl/N-ethyl adjacent to an activating group) is 1. The Balaban J connectivity index is 2.17. The highest BCUT2D eigenvalue weighted by Crippen LogP contribution is 2.12. The van der Waals surface area contributed by atoms with Gasteiger partial charge in [0.05, 0.1) is 12.7 Å². The largest absolute Gasteiger partial charge is 0.375 e. The highest BCUT2D eigenvalue weighted by molar-refractivity contribution is 4.73. The number of nitrogens with two attached hydrogens (primary N) is 1. The highest BCUT2D eigenvalue weighted by Gasteiger charge is 2.18. The molecule has 0 aliphatic carbocycles. The van der Waals surface area contributed by atoms with Gasteiger partial charge < -0.3 is 15.4 Å². The van der Waals surface area contributed by atoms with Gasteiger partial charge in [-0.05, 0) is 26.9 Å². The van der Waals surface area contributed by atoms with Gasteiger partial charge in [0.2, 0.25) is 0 Å². The molecule has 1 fully saturated rings. The number of ether oxygens (including phenoxy) is 1. The van der Waals surface area contributed by atoms with Gasteiger partial charge >= 0.3 is 0 Å². The fourth-order valence-electron chi connectivity index (χ4n) is 1.38. The predicted molar refractivity (Wildman–Crippen MR) is 45.5 cm³/mol. The second kappa shape index (κ2) is 4.04. The molecule has 0 radical (unpaired) electrons. The quantitative estimate of drug-likeness (QED) is 0.617. The Labute approximate surface area is 68.5 Å². The second-order valence-corrected chi connectivity index (χ2v) is 3.56. The molecule has 2 atom stereocenters. The maximum atomic E-state index is 5.69. The van der Waals surface area contributed by atoms with Crippen molar-refractivity contribution >= 4 is 0 Å². The molecule has 0 aromatic heterocycles. The van der Waals surface area contributed by atoms with E-state index in [0.29, 0.717) is 6.10 Å². The SMILES string of the molecule is CN(C)C[C@@H]1CC[C@@H](N)CO1. The molecular weight excluding hydrogens is 140 g/mol. The molecule has 1 heterocycles. The summed E-state index contributed by atoms with van der Waals surface area (Å²) in [5.74, 6) is 0. The van der Waals surface area contributed by atoms with Gasteiger partial charge in [-0.2, -0.15) is 0 Å². The maximum Gasteiger partial charge on any atom is 0.0703 e. The zero-order valence-electron chi connectivity index (χ0n) is 7.42. The van der Waals surface area contributed by atoms with Crippen LogP contribution < -0.4 is 5.73 Å².